The third-order valence-corrected chi connectivity index (χ3v) is 2.73. The largest absolute Gasteiger partial charge is 0.494 e. The zero-order valence-corrected chi connectivity index (χ0v) is 8.52. The third kappa shape index (κ3) is 1.65. The van der Waals surface area contributed by atoms with E-state index >= 15 is 0 Å². The summed E-state index contributed by atoms with van der Waals surface area (Å²) in [5.74, 6) is 0.903. The molecule has 0 aliphatic rings. The van der Waals surface area contributed by atoms with Crippen LogP contribution in [-0.2, 0) is 0 Å². The first-order valence-electron chi connectivity index (χ1n) is 4.29. The normalized spacial score (nSPS) is 10.6. The molecule has 0 saturated carbocycles. The molecule has 2 rings (SSSR count). The van der Waals surface area contributed by atoms with Gasteiger partial charge in [0.1, 0.15) is 5.75 Å². The van der Waals surface area contributed by atoms with E-state index in [4.69, 9.17) is 4.74 Å². The van der Waals surface area contributed by atoms with Gasteiger partial charge in [-0.25, -0.2) is 4.98 Å². The molecule has 0 bridgehead atoms. The molecular weight excluding hydrogens is 182 g/mol. The van der Waals surface area contributed by atoms with Gasteiger partial charge in [-0.2, -0.15) is 0 Å². The Labute approximate surface area is 81.2 Å². The molecule has 13 heavy (non-hydrogen) atoms. The number of nitrogens with zero attached hydrogens (tertiary/aromatic N) is 1. The predicted molar refractivity (Wildman–Crippen MR) is 55.5 cm³/mol. The lowest BCUT2D eigenvalue weighted by Crippen LogP contribution is -1.90. The van der Waals surface area contributed by atoms with Gasteiger partial charge in [-0.15, -0.1) is 11.3 Å². The molecule has 2 nitrogen and oxygen atoms in total. The van der Waals surface area contributed by atoms with Crippen molar-refractivity contribution in [1.29, 1.82) is 0 Å². The van der Waals surface area contributed by atoms with Crippen molar-refractivity contribution in [3.05, 3.63) is 23.2 Å². The summed E-state index contributed by atoms with van der Waals surface area (Å²) in [6.07, 6.45) is 0. The molecule has 0 aliphatic heterocycles. The molecule has 0 radical (unpaired) electrons. The Hall–Kier alpha value is -1.09. The van der Waals surface area contributed by atoms with Gasteiger partial charge in [0.15, 0.2) is 0 Å². The molecule has 0 fully saturated rings. The lowest BCUT2D eigenvalue weighted by atomic mass is 10.3. The van der Waals surface area contributed by atoms with Gasteiger partial charge < -0.3 is 4.74 Å². The van der Waals surface area contributed by atoms with Crippen LogP contribution in [0.25, 0.3) is 10.2 Å². The molecule has 3 heteroatoms. The van der Waals surface area contributed by atoms with Gasteiger partial charge in [0.25, 0.3) is 0 Å². The molecule has 68 valence electrons. The number of thiazole rings is 1. The van der Waals surface area contributed by atoms with E-state index in [9.17, 15) is 0 Å². The number of hydrogen-bond acceptors (Lipinski definition) is 3. The molecule has 0 atom stereocenters. The van der Waals surface area contributed by atoms with E-state index < -0.39 is 0 Å². The Morgan fingerprint density at radius 3 is 3.08 bits per heavy atom. The fraction of sp³-hybridized carbons (Fsp3) is 0.300. The lowest BCUT2D eigenvalue weighted by molar-refractivity contribution is 0.340. The van der Waals surface area contributed by atoms with Crippen molar-refractivity contribution in [2.45, 2.75) is 13.8 Å². The highest BCUT2D eigenvalue weighted by Gasteiger charge is 2.01. The van der Waals surface area contributed by atoms with Crippen molar-refractivity contribution in [2.75, 3.05) is 6.61 Å². The van der Waals surface area contributed by atoms with Gasteiger partial charge in [-0.1, -0.05) is 0 Å². The smallest absolute Gasteiger partial charge is 0.121 e. The second-order valence-electron chi connectivity index (χ2n) is 2.80. The lowest BCUT2D eigenvalue weighted by Gasteiger charge is -2.00. The van der Waals surface area contributed by atoms with Gasteiger partial charge in [-0.3, -0.25) is 0 Å². The summed E-state index contributed by atoms with van der Waals surface area (Å²) < 4.78 is 6.61. The molecule has 0 spiro atoms. The number of hydrogen-bond donors (Lipinski definition) is 0. The van der Waals surface area contributed by atoms with Crippen LogP contribution in [-0.4, -0.2) is 11.6 Å². The Morgan fingerprint density at radius 2 is 2.31 bits per heavy atom. The van der Waals surface area contributed by atoms with E-state index in [1.807, 2.05) is 26.0 Å². The van der Waals surface area contributed by atoms with Crippen LogP contribution in [0.15, 0.2) is 18.2 Å². The quantitative estimate of drug-likeness (QED) is 0.731. The summed E-state index contributed by atoms with van der Waals surface area (Å²) in [5.41, 5.74) is 1.04. The number of ether oxygens (including phenoxy) is 1. The maximum Gasteiger partial charge on any atom is 0.121 e. The SMILES string of the molecule is CCOc1ccc2sc(C)nc2c1. The maximum atomic E-state index is 5.39. The number of benzene rings is 1. The van der Waals surface area contributed by atoms with Crippen LogP contribution in [0, 0.1) is 6.92 Å². The molecule has 0 amide bonds. The summed E-state index contributed by atoms with van der Waals surface area (Å²) in [7, 11) is 0. The monoisotopic (exact) mass is 193 g/mol. The van der Waals surface area contributed by atoms with Gasteiger partial charge in [0.05, 0.1) is 21.8 Å². The molecule has 0 unspecified atom stereocenters. The molecule has 1 aromatic carbocycles. The van der Waals surface area contributed by atoms with Crippen molar-refractivity contribution in [3.8, 4) is 5.75 Å². The summed E-state index contributed by atoms with van der Waals surface area (Å²) in [4.78, 5) is 4.39. The first kappa shape index (κ1) is 8.51. The van der Waals surface area contributed by atoms with Crippen LogP contribution >= 0.6 is 11.3 Å². The van der Waals surface area contributed by atoms with Gasteiger partial charge in [0, 0.05) is 6.07 Å². The molecule has 1 heterocycles. The molecule has 0 N–H and O–H groups in total. The number of aromatic nitrogens is 1. The standard InChI is InChI=1S/C10H11NOS/c1-3-12-8-4-5-10-9(6-8)11-7(2)13-10/h4-6H,3H2,1-2H3. The van der Waals surface area contributed by atoms with Crippen molar-refractivity contribution in [2.24, 2.45) is 0 Å². The van der Waals surface area contributed by atoms with E-state index in [1.165, 1.54) is 4.70 Å². The fourth-order valence-corrected chi connectivity index (χ4v) is 2.09. The Bertz CT molecular complexity index is 422. The maximum absolute atomic E-state index is 5.39. The average Bonchev–Trinajstić information content (AvgIpc) is 2.44. The zero-order valence-electron chi connectivity index (χ0n) is 7.70. The van der Waals surface area contributed by atoms with Crippen LogP contribution in [0.4, 0.5) is 0 Å². The first-order valence-corrected chi connectivity index (χ1v) is 5.11. The highest BCUT2D eigenvalue weighted by molar-refractivity contribution is 7.18. The van der Waals surface area contributed by atoms with Crippen molar-refractivity contribution in [3.63, 3.8) is 0 Å². The van der Waals surface area contributed by atoms with E-state index in [2.05, 4.69) is 11.1 Å². The minimum Gasteiger partial charge on any atom is -0.494 e. The number of fused-ring (bicyclic) bond motifs is 1. The summed E-state index contributed by atoms with van der Waals surface area (Å²) in [6, 6.07) is 6.04. The number of aryl methyl sites for hydroxylation is 1. The Kier molecular flexibility index (Phi) is 2.19. The molecule has 2 aromatic rings. The summed E-state index contributed by atoms with van der Waals surface area (Å²) in [5, 5.41) is 1.10. The Balaban J connectivity index is 2.48. The topological polar surface area (TPSA) is 22.1 Å². The van der Waals surface area contributed by atoms with Crippen LogP contribution in [0.1, 0.15) is 11.9 Å². The van der Waals surface area contributed by atoms with Gasteiger partial charge in [-0.05, 0) is 26.0 Å². The Morgan fingerprint density at radius 1 is 1.46 bits per heavy atom. The van der Waals surface area contributed by atoms with E-state index in [0.717, 1.165) is 16.3 Å². The zero-order chi connectivity index (χ0) is 9.26. The highest BCUT2D eigenvalue weighted by atomic mass is 32.1. The van der Waals surface area contributed by atoms with E-state index in [-0.39, 0.29) is 0 Å². The fourth-order valence-electron chi connectivity index (χ4n) is 1.28. The molecule has 0 saturated heterocycles. The highest BCUT2D eigenvalue weighted by Crippen LogP contribution is 2.25. The van der Waals surface area contributed by atoms with Gasteiger partial charge in [0.2, 0.25) is 0 Å². The van der Waals surface area contributed by atoms with Crippen LogP contribution in [0.5, 0.6) is 5.75 Å². The minimum atomic E-state index is 0.703. The molecule has 1 aromatic heterocycles. The van der Waals surface area contributed by atoms with Crippen molar-refractivity contribution in [1.82, 2.24) is 4.98 Å². The predicted octanol–water partition coefficient (Wildman–Crippen LogP) is 3.00. The average molecular weight is 193 g/mol. The number of rotatable bonds is 2. The summed E-state index contributed by atoms with van der Waals surface area (Å²) in [6.45, 7) is 4.70. The van der Waals surface area contributed by atoms with Crippen LogP contribution in [0.2, 0.25) is 0 Å². The summed E-state index contributed by atoms with van der Waals surface area (Å²) >= 11 is 1.71. The van der Waals surface area contributed by atoms with E-state index in [1.54, 1.807) is 11.3 Å². The van der Waals surface area contributed by atoms with Gasteiger partial charge >= 0.3 is 0 Å². The van der Waals surface area contributed by atoms with Crippen LogP contribution in [0.3, 0.4) is 0 Å². The van der Waals surface area contributed by atoms with Crippen molar-refractivity contribution < 1.29 is 4.74 Å². The van der Waals surface area contributed by atoms with Crippen molar-refractivity contribution >= 4 is 21.6 Å². The minimum absolute atomic E-state index is 0.703. The second kappa shape index (κ2) is 3.34. The van der Waals surface area contributed by atoms with E-state index in [0.29, 0.717) is 6.61 Å². The van der Waals surface area contributed by atoms with Crippen LogP contribution < -0.4 is 4.74 Å². The molecular formula is C10H11NOS. The first-order chi connectivity index (χ1) is 6.29. The third-order valence-electron chi connectivity index (χ3n) is 1.78. The molecule has 0 aliphatic carbocycles. The second-order valence-corrected chi connectivity index (χ2v) is 4.03.